The molecule has 1 aliphatic carbocycles. The molecule has 112 valence electrons. The Morgan fingerprint density at radius 1 is 1.38 bits per heavy atom. The third kappa shape index (κ3) is 3.98. The van der Waals surface area contributed by atoms with E-state index in [9.17, 15) is 4.79 Å². The average Bonchev–Trinajstić information content (AvgIpc) is 2.46. The number of carbonyl (C=O) groups is 1. The molecule has 1 unspecified atom stereocenters. The summed E-state index contributed by atoms with van der Waals surface area (Å²) in [6, 6.07) is 9.06. The first-order valence-corrected chi connectivity index (χ1v) is 7.43. The molecule has 0 bridgehead atoms. The number of nitrogens with one attached hydrogen (secondary N) is 1. The van der Waals surface area contributed by atoms with Gasteiger partial charge in [-0.05, 0) is 42.5 Å². The summed E-state index contributed by atoms with van der Waals surface area (Å²) in [6.07, 6.45) is 4.40. The van der Waals surface area contributed by atoms with Gasteiger partial charge in [-0.3, -0.25) is 4.79 Å². The summed E-state index contributed by atoms with van der Waals surface area (Å²) in [7, 11) is 0. The molecular formula is C17H22N2O2. The van der Waals surface area contributed by atoms with Gasteiger partial charge in [-0.15, -0.1) is 0 Å². The van der Waals surface area contributed by atoms with Crippen molar-refractivity contribution in [2.75, 3.05) is 11.9 Å². The highest BCUT2D eigenvalue weighted by atomic mass is 16.5. The first-order valence-electron chi connectivity index (χ1n) is 7.43. The molecule has 4 heteroatoms. The second-order valence-electron chi connectivity index (χ2n) is 6.25. The van der Waals surface area contributed by atoms with Crippen molar-refractivity contribution < 1.29 is 9.53 Å². The topological polar surface area (TPSA) is 62.1 Å². The molecule has 1 aliphatic rings. The van der Waals surface area contributed by atoms with E-state index in [1.165, 1.54) is 6.42 Å². The molecular weight excluding hydrogens is 264 g/mol. The van der Waals surface area contributed by atoms with E-state index in [4.69, 9.17) is 10.00 Å². The van der Waals surface area contributed by atoms with E-state index < -0.39 is 0 Å². The lowest BCUT2D eigenvalue weighted by Gasteiger charge is -2.37. The van der Waals surface area contributed by atoms with Crippen LogP contribution < -0.4 is 10.1 Å². The SMILES string of the molecule is CC1(C)CCCCC1C(=O)Nc1ccc(OCC#N)cc1. The predicted molar refractivity (Wildman–Crippen MR) is 81.9 cm³/mol. The monoisotopic (exact) mass is 286 g/mol. The van der Waals surface area contributed by atoms with Gasteiger partial charge in [-0.1, -0.05) is 26.7 Å². The fraction of sp³-hybridized carbons (Fsp3) is 0.529. The van der Waals surface area contributed by atoms with Crippen LogP contribution >= 0.6 is 0 Å². The standard InChI is InChI=1S/C17H22N2O2/c1-17(2)10-4-3-5-15(17)16(20)19-13-6-8-14(9-7-13)21-12-11-18/h6-9,15H,3-5,10,12H2,1-2H3,(H,19,20). The van der Waals surface area contributed by atoms with E-state index in [2.05, 4.69) is 19.2 Å². The molecule has 1 aromatic rings. The van der Waals surface area contributed by atoms with Crippen LogP contribution in [0.2, 0.25) is 0 Å². The number of nitrogens with zero attached hydrogens (tertiary/aromatic N) is 1. The maximum Gasteiger partial charge on any atom is 0.228 e. The number of benzene rings is 1. The zero-order valence-electron chi connectivity index (χ0n) is 12.7. The Morgan fingerprint density at radius 2 is 2.10 bits per heavy atom. The van der Waals surface area contributed by atoms with Gasteiger partial charge in [0.25, 0.3) is 0 Å². The van der Waals surface area contributed by atoms with Gasteiger partial charge in [0.05, 0.1) is 0 Å². The van der Waals surface area contributed by atoms with E-state index in [0.717, 1.165) is 24.9 Å². The predicted octanol–water partition coefficient (Wildman–Crippen LogP) is 3.74. The number of nitriles is 1. The molecule has 1 N–H and O–H groups in total. The minimum Gasteiger partial charge on any atom is -0.479 e. The number of hydrogen-bond acceptors (Lipinski definition) is 3. The van der Waals surface area contributed by atoms with Crippen LogP contribution in [0.5, 0.6) is 5.75 Å². The molecule has 1 fully saturated rings. The Morgan fingerprint density at radius 3 is 2.71 bits per heavy atom. The average molecular weight is 286 g/mol. The summed E-state index contributed by atoms with van der Waals surface area (Å²) in [5.74, 6) is 0.804. The molecule has 1 aromatic carbocycles. The van der Waals surface area contributed by atoms with Crippen molar-refractivity contribution in [1.82, 2.24) is 0 Å². The molecule has 1 atom stereocenters. The lowest BCUT2D eigenvalue weighted by Crippen LogP contribution is -2.37. The quantitative estimate of drug-likeness (QED) is 0.917. The molecule has 0 saturated heterocycles. The van der Waals surface area contributed by atoms with Gasteiger partial charge in [0.2, 0.25) is 5.91 Å². The number of ether oxygens (including phenoxy) is 1. The molecule has 1 saturated carbocycles. The van der Waals surface area contributed by atoms with Crippen molar-refractivity contribution in [2.45, 2.75) is 39.5 Å². The van der Waals surface area contributed by atoms with Crippen LogP contribution in [0.4, 0.5) is 5.69 Å². The van der Waals surface area contributed by atoms with Gasteiger partial charge in [0, 0.05) is 11.6 Å². The van der Waals surface area contributed by atoms with Crippen LogP contribution in [-0.4, -0.2) is 12.5 Å². The van der Waals surface area contributed by atoms with Gasteiger partial charge < -0.3 is 10.1 Å². The zero-order valence-corrected chi connectivity index (χ0v) is 12.7. The largest absolute Gasteiger partial charge is 0.479 e. The van der Waals surface area contributed by atoms with Crippen molar-refractivity contribution in [3.05, 3.63) is 24.3 Å². The molecule has 0 aliphatic heterocycles. The second kappa shape index (κ2) is 6.62. The smallest absolute Gasteiger partial charge is 0.228 e. The molecule has 4 nitrogen and oxygen atoms in total. The lowest BCUT2D eigenvalue weighted by atomic mass is 9.68. The van der Waals surface area contributed by atoms with Crippen LogP contribution in [0.25, 0.3) is 0 Å². The fourth-order valence-corrected chi connectivity index (χ4v) is 2.96. The van der Waals surface area contributed by atoms with E-state index >= 15 is 0 Å². The minimum absolute atomic E-state index is 0.0297. The summed E-state index contributed by atoms with van der Waals surface area (Å²) >= 11 is 0. The third-order valence-corrected chi connectivity index (χ3v) is 4.25. The maximum absolute atomic E-state index is 12.5. The van der Waals surface area contributed by atoms with Crippen LogP contribution in [0, 0.1) is 22.7 Å². The Labute approximate surface area is 126 Å². The maximum atomic E-state index is 12.5. The minimum atomic E-state index is 0.0297. The summed E-state index contributed by atoms with van der Waals surface area (Å²) in [5, 5.41) is 11.5. The van der Waals surface area contributed by atoms with Crippen molar-refractivity contribution in [1.29, 1.82) is 5.26 Å². The van der Waals surface area contributed by atoms with E-state index in [1.54, 1.807) is 24.3 Å². The van der Waals surface area contributed by atoms with Gasteiger partial charge >= 0.3 is 0 Å². The third-order valence-electron chi connectivity index (χ3n) is 4.25. The number of amides is 1. The van der Waals surface area contributed by atoms with Crippen molar-refractivity contribution in [3.63, 3.8) is 0 Å². The van der Waals surface area contributed by atoms with Crippen molar-refractivity contribution in [2.24, 2.45) is 11.3 Å². The molecule has 0 heterocycles. The highest BCUT2D eigenvalue weighted by Gasteiger charge is 2.37. The molecule has 2 rings (SSSR count). The van der Waals surface area contributed by atoms with Gasteiger partial charge in [-0.2, -0.15) is 5.26 Å². The fourth-order valence-electron chi connectivity index (χ4n) is 2.96. The van der Waals surface area contributed by atoms with Gasteiger partial charge in [0.1, 0.15) is 11.8 Å². The van der Waals surface area contributed by atoms with Crippen LogP contribution in [0.15, 0.2) is 24.3 Å². The Kier molecular flexibility index (Phi) is 4.85. The van der Waals surface area contributed by atoms with Gasteiger partial charge in [-0.25, -0.2) is 0 Å². The first-order chi connectivity index (χ1) is 10.0. The molecule has 0 aromatic heterocycles. The lowest BCUT2D eigenvalue weighted by molar-refractivity contribution is -0.124. The molecule has 0 radical (unpaired) electrons. The second-order valence-corrected chi connectivity index (χ2v) is 6.25. The van der Waals surface area contributed by atoms with E-state index in [0.29, 0.717) is 5.75 Å². The summed E-state index contributed by atoms with van der Waals surface area (Å²) in [6.45, 7) is 4.38. The molecule has 0 spiro atoms. The Bertz CT molecular complexity index is 529. The van der Waals surface area contributed by atoms with Gasteiger partial charge in [0.15, 0.2) is 6.61 Å². The Hall–Kier alpha value is -2.02. The summed E-state index contributed by atoms with van der Waals surface area (Å²) in [4.78, 5) is 12.5. The highest BCUT2D eigenvalue weighted by molar-refractivity contribution is 5.93. The van der Waals surface area contributed by atoms with E-state index in [1.807, 2.05) is 6.07 Å². The Balaban J connectivity index is 1.97. The number of anilines is 1. The molecule has 1 amide bonds. The first kappa shape index (κ1) is 15.4. The van der Waals surface area contributed by atoms with Crippen molar-refractivity contribution >= 4 is 11.6 Å². The normalized spacial score (nSPS) is 20.3. The summed E-state index contributed by atoms with van der Waals surface area (Å²) < 4.78 is 5.19. The highest BCUT2D eigenvalue weighted by Crippen LogP contribution is 2.41. The number of hydrogen-bond donors (Lipinski definition) is 1. The number of carbonyl (C=O) groups excluding carboxylic acids is 1. The molecule has 21 heavy (non-hydrogen) atoms. The van der Waals surface area contributed by atoms with Crippen molar-refractivity contribution in [3.8, 4) is 11.8 Å². The zero-order chi connectivity index (χ0) is 15.3. The summed E-state index contributed by atoms with van der Waals surface area (Å²) in [5.41, 5.74) is 0.837. The van der Waals surface area contributed by atoms with Crippen LogP contribution in [0.1, 0.15) is 39.5 Å². The van der Waals surface area contributed by atoms with Crippen LogP contribution in [-0.2, 0) is 4.79 Å². The van der Waals surface area contributed by atoms with E-state index in [-0.39, 0.29) is 23.8 Å². The van der Waals surface area contributed by atoms with Crippen LogP contribution in [0.3, 0.4) is 0 Å². The number of rotatable bonds is 4.